The standard InChI is InChI=1S/C8H5FNO.C2H5.Y/c1-11-7-3-2-6(5-10)8(9)4-7;1-2;/h2-4H,1H2;1H2,2H3;/q2*-1;. The molecule has 0 heterocycles. The van der Waals surface area contributed by atoms with Crippen LogP contribution in [0.15, 0.2) is 18.2 Å². The fraction of sp³-hybridized carbons (Fsp3) is 0.100. The van der Waals surface area contributed by atoms with Crippen LogP contribution >= 0.6 is 0 Å². The topological polar surface area (TPSA) is 33.0 Å². The summed E-state index contributed by atoms with van der Waals surface area (Å²) in [6, 6.07) is 5.64. The minimum Gasteiger partial charge on any atom is -0.665 e. The van der Waals surface area contributed by atoms with Crippen LogP contribution in [0.3, 0.4) is 0 Å². The van der Waals surface area contributed by atoms with E-state index in [1.54, 1.807) is 13.0 Å². The van der Waals surface area contributed by atoms with E-state index in [-0.39, 0.29) is 38.3 Å². The molecule has 4 heteroatoms. The van der Waals surface area contributed by atoms with Gasteiger partial charge in [-0.25, -0.2) is 4.39 Å². The second kappa shape index (κ2) is 9.11. The Morgan fingerprint density at radius 1 is 1.43 bits per heavy atom. The van der Waals surface area contributed by atoms with Crippen molar-refractivity contribution < 1.29 is 41.8 Å². The Hall–Kier alpha value is -0.456. The average molecular weight is 268 g/mol. The molecule has 0 aliphatic carbocycles. The van der Waals surface area contributed by atoms with Gasteiger partial charge in [-0.15, -0.1) is 0 Å². The Morgan fingerprint density at radius 2 is 2.00 bits per heavy atom. The van der Waals surface area contributed by atoms with Crippen molar-refractivity contribution in [3.63, 3.8) is 0 Å². The van der Waals surface area contributed by atoms with Gasteiger partial charge in [-0.05, 0) is 12.1 Å². The van der Waals surface area contributed by atoms with Crippen molar-refractivity contribution >= 4 is 0 Å². The normalized spacial score (nSPS) is 7.36. The molecule has 0 aliphatic rings. The molecule has 1 rings (SSSR count). The maximum Gasteiger partial charge on any atom is 0.144 e. The number of ether oxygens (including phenoxy) is 1. The number of halogens is 1. The van der Waals surface area contributed by atoms with Gasteiger partial charge in [0.2, 0.25) is 0 Å². The molecule has 0 bridgehead atoms. The Morgan fingerprint density at radius 3 is 2.36 bits per heavy atom. The van der Waals surface area contributed by atoms with Gasteiger partial charge in [0.1, 0.15) is 11.9 Å². The fourth-order valence-corrected chi connectivity index (χ4v) is 0.676. The molecule has 14 heavy (non-hydrogen) atoms. The largest absolute Gasteiger partial charge is 0.665 e. The molecule has 0 aromatic heterocycles. The summed E-state index contributed by atoms with van der Waals surface area (Å²) in [6.45, 7) is 5.00. The van der Waals surface area contributed by atoms with Crippen LogP contribution in [0.4, 0.5) is 4.39 Å². The first kappa shape index (κ1) is 16.0. The van der Waals surface area contributed by atoms with Crippen molar-refractivity contribution in [2.24, 2.45) is 0 Å². The maximum atomic E-state index is 12.7. The van der Waals surface area contributed by atoms with E-state index in [1.807, 2.05) is 0 Å². The molecular formula is C10H10FNOY-2. The SMILES string of the molecule is [CH2-]C.[CH2-]Oc1ccc(C#N)c(F)c1.[Y]. The Labute approximate surface area is 109 Å². The fourth-order valence-electron chi connectivity index (χ4n) is 0.676. The van der Waals surface area contributed by atoms with E-state index in [0.29, 0.717) is 5.75 Å². The molecule has 1 aromatic carbocycles. The number of hydrogen-bond acceptors (Lipinski definition) is 2. The van der Waals surface area contributed by atoms with Crippen LogP contribution in [-0.2, 0) is 32.7 Å². The average Bonchev–Trinajstić information content (AvgIpc) is 2.20. The summed E-state index contributed by atoms with van der Waals surface area (Å²) in [5, 5.41) is 8.34. The van der Waals surface area contributed by atoms with Crippen LogP contribution in [0.2, 0.25) is 0 Å². The maximum absolute atomic E-state index is 12.7. The zero-order chi connectivity index (χ0) is 10.3. The first-order valence-electron chi connectivity index (χ1n) is 3.60. The minimum absolute atomic E-state index is 0. The van der Waals surface area contributed by atoms with E-state index in [1.165, 1.54) is 12.1 Å². The molecular weight excluding hydrogens is 258 g/mol. The molecule has 0 amide bonds. The van der Waals surface area contributed by atoms with Gasteiger partial charge in [-0.1, -0.05) is 0 Å². The summed E-state index contributed by atoms with van der Waals surface area (Å²) in [4.78, 5) is 0. The van der Waals surface area contributed by atoms with Crippen LogP contribution in [-0.4, -0.2) is 0 Å². The van der Waals surface area contributed by atoms with Crippen molar-refractivity contribution in [1.29, 1.82) is 5.26 Å². The molecule has 73 valence electrons. The van der Waals surface area contributed by atoms with E-state index in [2.05, 4.69) is 18.8 Å². The van der Waals surface area contributed by atoms with Crippen LogP contribution < -0.4 is 4.74 Å². The van der Waals surface area contributed by atoms with Gasteiger partial charge in [0.15, 0.2) is 0 Å². The van der Waals surface area contributed by atoms with Crippen molar-refractivity contribution in [3.8, 4) is 11.8 Å². The molecule has 0 aliphatic heterocycles. The van der Waals surface area contributed by atoms with Crippen molar-refractivity contribution in [3.05, 3.63) is 43.6 Å². The van der Waals surface area contributed by atoms with Gasteiger partial charge in [0.25, 0.3) is 0 Å². The molecule has 0 saturated heterocycles. The Kier molecular flexibility index (Phi) is 10.4. The van der Waals surface area contributed by atoms with Gasteiger partial charge in [-0.3, -0.25) is 0 Å². The van der Waals surface area contributed by atoms with Gasteiger partial charge in [0.05, 0.1) is 11.3 Å². The first-order valence-corrected chi connectivity index (χ1v) is 3.60. The molecule has 1 aromatic rings. The van der Waals surface area contributed by atoms with Gasteiger partial charge in [0, 0.05) is 38.8 Å². The van der Waals surface area contributed by atoms with E-state index >= 15 is 0 Å². The van der Waals surface area contributed by atoms with Gasteiger partial charge >= 0.3 is 0 Å². The second-order valence-corrected chi connectivity index (χ2v) is 1.90. The van der Waals surface area contributed by atoms with E-state index < -0.39 is 5.82 Å². The summed E-state index contributed by atoms with van der Waals surface area (Å²) in [5.74, 6) is -0.282. The summed E-state index contributed by atoms with van der Waals surface area (Å²) >= 11 is 0. The second-order valence-electron chi connectivity index (χ2n) is 1.90. The predicted molar refractivity (Wildman–Crippen MR) is 48.1 cm³/mol. The molecule has 0 saturated carbocycles. The molecule has 0 atom stereocenters. The Balaban J connectivity index is 0. The van der Waals surface area contributed by atoms with Crippen molar-refractivity contribution in [2.45, 2.75) is 6.92 Å². The number of benzene rings is 1. The monoisotopic (exact) mass is 268 g/mol. The number of rotatable bonds is 1. The number of hydrogen-bond donors (Lipinski definition) is 0. The third-order valence-corrected chi connectivity index (χ3v) is 1.23. The van der Waals surface area contributed by atoms with Crippen molar-refractivity contribution in [2.75, 3.05) is 0 Å². The van der Waals surface area contributed by atoms with Crippen LogP contribution in [0.25, 0.3) is 0 Å². The smallest absolute Gasteiger partial charge is 0.144 e. The van der Waals surface area contributed by atoms with E-state index in [4.69, 9.17) is 5.26 Å². The molecule has 2 nitrogen and oxygen atoms in total. The summed E-state index contributed by atoms with van der Waals surface area (Å²) in [6.07, 6.45) is 0. The Bertz CT molecular complexity index is 309. The predicted octanol–water partition coefficient (Wildman–Crippen LogP) is 2.71. The van der Waals surface area contributed by atoms with Crippen LogP contribution in [0.5, 0.6) is 5.75 Å². The number of nitrogens with zero attached hydrogens (tertiary/aromatic N) is 1. The van der Waals surface area contributed by atoms with Crippen LogP contribution in [0.1, 0.15) is 12.5 Å². The van der Waals surface area contributed by atoms with Crippen LogP contribution in [0, 0.1) is 31.2 Å². The number of nitriles is 1. The molecule has 0 N–H and O–H groups in total. The third-order valence-electron chi connectivity index (χ3n) is 1.23. The van der Waals surface area contributed by atoms with E-state index in [0.717, 1.165) is 6.07 Å². The third kappa shape index (κ3) is 4.69. The van der Waals surface area contributed by atoms with Crippen molar-refractivity contribution in [1.82, 2.24) is 0 Å². The molecule has 0 spiro atoms. The van der Waals surface area contributed by atoms with Gasteiger partial charge < -0.3 is 11.7 Å². The quantitative estimate of drug-likeness (QED) is 0.733. The molecule has 0 fully saturated rings. The minimum atomic E-state index is -0.589. The summed E-state index contributed by atoms with van der Waals surface area (Å²) < 4.78 is 17.2. The van der Waals surface area contributed by atoms with E-state index in [9.17, 15) is 4.39 Å². The summed E-state index contributed by atoms with van der Waals surface area (Å²) in [5.41, 5.74) is 0.00537. The van der Waals surface area contributed by atoms with Gasteiger partial charge in [-0.2, -0.15) is 19.3 Å². The first-order chi connectivity index (χ1) is 6.27. The zero-order valence-corrected chi connectivity index (χ0v) is 10.8. The molecule has 0 unspecified atom stereocenters. The molecule has 1 radical (unpaired) electrons. The summed E-state index contributed by atoms with van der Waals surface area (Å²) in [7, 11) is 3.10. The zero-order valence-electron chi connectivity index (χ0n) is 7.96.